The van der Waals surface area contributed by atoms with Gasteiger partial charge in [-0.25, -0.2) is 8.42 Å². The third-order valence-corrected chi connectivity index (χ3v) is 3.38. The molecule has 72 valence electrons. The number of benzene rings is 1. The van der Waals surface area contributed by atoms with E-state index in [-0.39, 0.29) is 6.61 Å². The first-order chi connectivity index (χ1) is 6.16. The average Bonchev–Trinajstić information content (AvgIpc) is 2.72. The van der Waals surface area contributed by atoms with Crippen molar-refractivity contribution in [3.63, 3.8) is 0 Å². The molecular formula is C7H10N2O3S. The lowest BCUT2D eigenvalue weighted by Crippen LogP contribution is -2.02. The number of aliphatic hydroxyl groups excluding tert-OH is 1. The van der Waals surface area contributed by atoms with Crippen LogP contribution in [0.3, 0.4) is 0 Å². The molecule has 13 heavy (non-hydrogen) atoms. The van der Waals surface area contributed by atoms with Crippen LogP contribution in [-0.2, 0) is 16.4 Å². The summed E-state index contributed by atoms with van der Waals surface area (Å²) in [4.78, 5) is 0.763. The van der Waals surface area contributed by atoms with E-state index in [9.17, 15) is 8.42 Å². The van der Waals surface area contributed by atoms with Crippen LogP contribution >= 0.6 is 0 Å². The van der Waals surface area contributed by atoms with Gasteiger partial charge in [0.2, 0.25) is 9.84 Å². The second-order valence-electron chi connectivity index (χ2n) is 2.44. The Morgan fingerprint density at radius 3 is 2.31 bits per heavy atom. The molecule has 0 amide bonds. The number of sulfone groups is 1. The molecule has 2 rings (SSSR count). The summed E-state index contributed by atoms with van der Waals surface area (Å²) < 4.78 is 21.8. The maximum absolute atomic E-state index is 10.9. The van der Waals surface area contributed by atoms with Gasteiger partial charge in [-0.15, -0.1) is 0 Å². The van der Waals surface area contributed by atoms with Gasteiger partial charge >= 0.3 is 0 Å². The van der Waals surface area contributed by atoms with Crippen LogP contribution in [0.5, 0.6) is 0 Å². The van der Waals surface area contributed by atoms with Crippen molar-refractivity contribution < 1.29 is 13.5 Å². The lowest BCUT2D eigenvalue weighted by atomic mass is 10.2. The van der Waals surface area contributed by atoms with Gasteiger partial charge in [0.15, 0.2) is 0 Å². The maximum atomic E-state index is 10.9. The molecule has 0 radical (unpaired) electrons. The van der Waals surface area contributed by atoms with Crippen molar-refractivity contribution in [2.45, 2.75) is 16.4 Å². The first kappa shape index (κ1) is 10.1. The summed E-state index contributed by atoms with van der Waals surface area (Å²) in [6.45, 7) is -0.108. The van der Waals surface area contributed by atoms with Gasteiger partial charge in [-0.05, 0) is 17.7 Å². The molecule has 0 aliphatic carbocycles. The van der Waals surface area contributed by atoms with E-state index in [1.165, 1.54) is 12.1 Å². The van der Waals surface area contributed by atoms with E-state index < -0.39 is 9.84 Å². The standard InChI is InChI=1S/C7H6O3S.H4N2/c8-4-5-1-2-6-7(3-5)11(6,9)10;1-2/h1-3,8H,4H2;1-2H2. The van der Waals surface area contributed by atoms with Crippen LogP contribution in [0, 0.1) is 0 Å². The molecule has 1 heterocycles. The van der Waals surface area contributed by atoms with E-state index in [0.29, 0.717) is 15.4 Å². The summed E-state index contributed by atoms with van der Waals surface area (Å²) in [5, 5.41) is 8.66. The molecule has 0 unspecified atom stereocenters. The van der Waals surface area contributed by atoms with E-state index in [1.807, 2.05) is 0 Å². The Morgan fingerprint density at radius 2 is 1.85 bits per heavy atom. The molecule has 5 nitrogen and oxygen atoms in total. The quantitative estimate of drug-likeness (QED) is 0.317. The van der Waals surface area contributed by atoms with E-state index in [1.54, 1.807) is 6.07 Å². The van der Waals surface area contributed by atoms with Crippen LogP contribution in [-0.4, -0.2) is 13.5 Å². The fraction of sp³-hybridized carbons (Fsp3) is 0.143. The summed E-state index contributed by atoms with van der Waals surface area (Å²) in [6, 6.07) is 4.64. The number of hydrogen-bond acceptors (Lipinski definition) is 5. The minimum absolute atomic E-state index is 0.108. The number of fused-ring (bicyclic) bond motifs is 1. The predicted molar refractivity (Wildman–Crippen MR) is 46.2 cm³/mol. The largest absolute Gasteiger partial charge is 0.392 e. The minimum atomic E-state index is -3.02. The van der Waals surface area contributed by atoms with Gasteiger partial charge in [-0.1, -0.05) is 6.07 Å². The fourth-order valence-corrected chi connectivity index (χ4v) is 2.37. The molecule has 1 aliphatic rings. The lowest BCUT2D eigenvalue weighted by Gasteiger charge is -1.87. The first-order valence-electron chi connectivity index (χ1n) is 3.48. The first-order valence-corrected chi connectivity index (χ1v) is 4.97. The number of hydrazine groups is 1. The second kappa shape index (κ2) is 3.43. The highest BCUT2D eigenvalue weighted by Crippen LogP contribution is 2.40. The molecule has 0 atom stereocenters. The van der Waals surface area contributed by atoms with Gasteiger partial charge in [-0.3, -0.25) is 11.7 Å². The Labute approximate surface area is 75.9 Å². The summed E-state index contributed by atoms with van der Waals surface area (Å²) in [5.41, 5.74) is 0.643. The highest BCUT2D eigenvalue weighted by atomic mass is 32.2. The van der Waals surface area contributed by atoms with Gasteiger partial charge in [-0.2, -0.15) is 0 Å². The van der Waals surface area contributed by atoms with E-state index in [4.69, 9.17) is 5.11 Å². The van der Waals surface area contributed by atoms with Gasteiger partial charge in [0.05, 0.1) is 16.4 Å². The molecular weight excluding hydrogens is 192 g/mol. The zero-order valence-corrected chi connectivity index (χ0v) is 7.58. The van der Waals surface area contributed by atoms with Gasteiger partial charge in [0.1, 0.15) is 0 Å². The second-order valence-corrected chi connectivity index (χ2v) is 4.33. The molecule has 0 spiro atoms. The van der Waals surface area contributed by atoms with Crippen LogP contribution in [0.2, 0.25) is 0 Å². The summed E-state index contributed by atoms with van der Waals surface area (Å²) in [7, 11) is -3.02. The fourth-order valence-electron chi connectivity index (χ4n) is 1.04. The minimum Gasteiger partial charge on any atom is -0.392 e. The predicted octanol–water partition coefficient (Wildman–Crippen LogP) is -0.856. The van der Waals surface area contributed by atoms with E-state index in [0.717, 1.165) is 0 Å². The van der Waals surface area contributed by atoms with Crippen LogP contribution in [0.4, 0.5) is 0 Å². The molecule has 0 aromatic heterocycles. The van der Waals surface area contributed by atoms with Crippen molar-refractivity contribution in [3.05, 3.63) is 23.8 Å². The number of hydrogen-bond donors (Lipinski definition) is 3. The average molecular weight is 202 g/mol. The zero-order valence-electron chi connectivity index (χ0n) is 6.77. The van der Waals surface area contributed by atoms with Gasteiger partial charge < -0.3 is 5.11 Å². The third-order valence-electron chi connectivity index (χ3n) is 1.73. The molecule has 0 saturated carbocycles. The van der Waals surface area contributed by atoms with Crippen molar-refractivity contribution >= 4 is 9.84 Å². The lowest BCUT2D eigenvalue weighted by molar-refractivity contribution is 0.281. The molecule has 1 aliphatic heterocycles. The van der Waals surface area contributed by atoms with Crippen LogP contribution in [0.15, 0.2) is 28.0 Å². The van der Waals surface area contributed by atoms with Crippen molar-refractivity contribution in [3.8, 4) is 0 Å². The Hall–Kier alpha value is -0.950. The summed E-state index contributed by atoms with van der Waals surface area (Å²) in [6.07, 6.45) is 0. The zero-order chi connectivity index (χ0) is 10.1. The van der Waals surface area contributed by atoms with Crippen LogP contribution in [0.1, 0.15) is 5.56 Å². The smallest absolute Gasteiger partial charge is 0.209 e. The molecule has 0 saturated heterocycles. The third kappa shape index (κ3) is 1.56. The number of rotatable bonds is 1. The summed E-state index contributed by atoms with van der Waals surface area (Å²) >= 11 is 0. The number of nitrogens with two attached hydrogens (primary N) is 2. The van der Waals surface area contributed by atoms with Crippen molar-refractivity contribution in [2.75, 3.05) is 0 Å². The van der Waals surface area contributed by atoms with E-state index in [2.05, 4.69) is 11.7 Å². The normalized spacial score (nSPS) is 15.3. The Kier molecular flexibility index (Phi) is 2.67. The Morgan fingerprint density at radius 1 is 1.23 bits per heavy atom. The monoisotopic (exact) mass is 202 g/mol. The molecule has 1 aromatic rings. The summed E-state index contributed by atoms with van der Waals surface area (Å²) in [5.74, 6) is 8.00. The topological polar surface area (TPSA) is 106 Å². The molecule has 6 heteroatoms. The molecule has 0 fully saturated rings. The molecule has 5 N–H and O–H groups in total. The van der Waals surface area contributed by atoms with E-state index >= 15 is 0 Å². The Bertz CT molecular complexity index is 414. The molecule has 1 aromatic carbocycles. The maximum Gasteiger partial charge on any atom is 0.209 e. The van der Waals surface area contributed by atoms with Crippen molar-refractivity contribution in [2.24, 2.45) is 11.7 Å². The Balaban J connectivity index is 0.000000396. The van der Waals surface area contributed by atoms with Gasteiger partial charge in [0, 0.05) is 0 Å². The van der Waals surface area contributed by atoms with Crippen LogP contribution in [0.25, 0.3) is 0 Å². The van der Waals surface area contributed by atoms with Crippen molar-refractivity contribution in [1.29, 1.82) is 0 Å². The van der Waals surface area contributed by atoms with Gasteiger partial charge in [0.25, 0.3) is 0 Å². The highest BCUT2D eigenvalue weighted by molar-refractivity contribution is 7.97. The number of aliphatic hydroxyl groups is 1. The highest BCUT2D eigenvalue weighted by Gasteiger charge is 2.38. The van der Waals surface area contributed by atoms with Crippen LogP contribution < -0.4 is 11.7 Å². The molecule has 0 bridgehead atoms. The SMILES string of the molecule is NN.O=S1(=O)c2ccc(CO)cc21. The van der Waals surface area contributed by atoms with Crippen molar-refractivity contribution in [1.82, 2.24) is 0 Å².